The number of anilines is 2. The van der Waals surface area contributed by atoms with E-state index in [-0.39, 0.29) is 12.2 Å². The Labute approximate surface area is 199 Å². The summed E-state index contributed by atoms with van der Waals surface area (Å²) in [6.45, 7) is 0.110. The van der Waals surface area contributed by atoms with E-state index >= 15 is 0 Å². The van der Waals surface area contributed by atoms with Crippen molar-refractivity contribution < 1.29 is 19.0 Å². The minimum absolute atomic E-state index is 0.110. The molecule has 0 aliphatic carbocycles. The van der Waals surface area contributed by atoms with Crippen molar-refractivity contribution in [1.29, 1.82) is 0 Å². The number of aromatic nitrogens is 2. The third-order valence-electron chi connectivity index (χ3n) is 4.83. The van der Waals surface area contributed by atoms with Crippen molar-refractivity contribution >= 4 is 34.7 Å². The van der Waals surface area contributed by atoms with Gasteiger partial charge in [0.15, 0.2) is 0 Å². The van der Waals surface area contributed by atoms with E-state index in [2.05, 4.69) is 15.6 Å². The molecule has 2 aromatic heterocycles. The van der Waals surface area contributed by atoms with E-state index in [1.165, 1.54) is 23.8 Å². The third kappa shape index (κ3) is 5.38. The number of benzene rings is 2. The number of methoxy groups -OCH3 is 2. The number of carbonyl (C=O) groups excluding carboxylic acids is 1. The van der Waals surface area contributed by atoms with Crippen LogP contribution in [0.25, 0.3) is 5.65 Å². The van der Waals surface area contributed by atoms with Crippen LogP contribution in [0.2, 0.25) is 5.02 Å². The summed E-state index contributed by atoms with van der Waals surface area (Å²) >= 11 is 5.93. The predicted molar refractivity (Wildman–Crippen MR) is 129 cm³/mol. The molecular weight excluding hydrogens is 460 g/mol. The molecule has 2 amide bonds. The first-order chi connectivity index (χ1) is 16.4. The number of hydrogen-bond acceptors (Lipinski definition) is 6. The van der Waals surface area contributed by atoms with Crippen LogP contribution in [-0.4, -0.2) is 29.6 Å². The zero-order valence-corrected chi connectivity index (χ0v) is 19.1. The lowest BCUT2D eigenvalue weighted by Gasteiger charge is -2.13. The highest BCUT2D eigenvalue weighted by Crippen LogP contribution is 2.29. The van der Waals surface area contributed by atoms with Crippen molar-refractivity contribution in [2.45, 2.75) is 6.61 Å². The van der Waals surface area contributed by atoms with E-state index in [1.54, 1.807) is 61.7 Å². The van der Waals surface area contributed by atoms with E-state index in [1.807, 2.05) is 0 Å². The first-order valence-corrected chi connectivity index (χ1v) is 10.5. The van der Waals surface area contributed by atoms with Gasteiger partial charge in [0.1, 0.15) is 29.5 Å². The average molecular weight is 481 g/mol. The molecule has 2 N–H and O–H groups in total. The zero-order chi connectivity index (χ0) is 24.1. The number of fused-ring (bicyclic) bond motifs is 1. The molecule has 0 fully saturated rings. The van der Waals surface area contributed by atoms with E-state index in [9.17, 15) is 9.59 Å². The van der Waals surface area contributed by atoms with Gasteiger partial charge in [-0.3, -0.25) is 9.20 Å². The average Bonchev–Trinajstić information content (AvgIpc) is 2.84. The number of hydrogen-bond donors (Lipinski definition) is 2. The fourth-order valence-electron chi connectivity index (χ4n) is 3.18. The van der Waals surface area contributed by atoms with E-state index in [0.29, 0.717) is 45.0 Å². The molecule has 9 nitrogen and oxygen atoms in total. The minimum atomic E-state index is -0.432. The summed E-state index contributed by atoms with van der Waals surface area (Å²) in [6, 6.07) is 16.2. The summed E-state index contributed by atoms with van der Waals surface area (Å²) < 4.78 is 17.5. The molecule has 0 radical (unpaired) electrons. The van der Waals surface area contributed by atoms with Gasteiger partial charge in [0.05, 0.1) is 30.6 Å². The highest BCUT2D eigenvalue weighted by molar-refractivity contribution is 6.30. The molecule has 0 atom stereocenters. The first-order valence-electron chi connectivity index (χ1n) is 10.2. The molecule has 0 saturated heterocycles. The second-order valence-electron chi connectivity index (χ2n) is 7.12. The molecule has 0 unspecified atom stereocenters. The lowest BCUT2D eigenvalue weighted by atomic mass is 10.2. The highest BCUT2D eigenvalue weighted by Gasteiger charge is 2.10. The standard InChI is InChI=1S/C24H21ClN4O5/c1-32-19-8-9-20(21(12-19)33-2)28-24(31)27-16-4-6-18(7-5-16)34-14-17-11-23(30)29-13-15(25)3-10-22(29)26-17/h3-13H,14H2,1-2H3,(H2,27,28,31). The van der Waals surface area contributed by atoms with Crippen LogP contribution >= 0.6 is 11.6 Å². The second-order valence-corrected chi connectivity index (χ2v) is 7.56. The van der Waals surface area contributed by atoms with Gasteiger partial charge in [-0.1, -0.05) is 11.6 Å². The first kappa shape index (κ1) is 22.9. The number of nitrogens with one attached hydrogen (secondary N) is 2. The quantitative estimate of drug-likeness (QED) is 0.401. The number of halogens is 1. The van der Waals surface area contributed by atoms with Crippen LogP contribution in [0.15, 0.2) is 71.7 Å². The van der Waals surface area contributed by atoms with Gasteiger partial charge >= 0.3 is 6.03 Å². The normalized spacial score (nSPS) is 10.6. The molecule has 174 valence electrons. The van der Waals surface area contributed by atoms with Gasteiger partial charge in [0.2, 0.25) is 0 Å². The van der Waals surface area contributed by atoms with Crippen LogP contribution in [0.1, 0.15) is 5.69 Å². The maximum atomic E-state index is 12.4. The van der Waals surface area contributed by atoms with E-state index in [4.69, 9.17) is 25.8 Å². The number of amides is 2. The summed E-state index contributed by atoms with van der Waals surface area (Å²) in [5, 5.41) is 5.93. The van der Waals surface area contributed by atoms with Gasteiger partial charge in [-0.05, 0) is 48.5 Å². The summed E-state index contributed by atoms with van der Waals surface area (Å²) in [7, 11) is 3.06. The lowest BCUT2D eigenvalue weighted by molar-refractivity contribution is 0.262. The molecule has 10 heteroatoms. The Bertz CT molecular complexity index is 1390. The van der Waals surface area contributed by atoms with Crippen LogP contribution < -0.4 is 30.4 Å². The molecule has 0 bridgehead atoms. The van der Waals surface area contributed by atoms with Crippen molar-refractivity contribution in [3.05, 3.63) is 87.9 Å². The second kappa shape index (κ2) is 10.1. The molecule has 0 aliphatic rings. The Balaban J connectivity index is 1.36. The molecule has 0 aliphatic heterocycles. The van der Waals surface area contributed by atoms with Crippen molar-refractivity contribution in [2.24, 2.45) is 0 Å². The van der Waals surface area contributed by atoms with Crippen LogP contribution in [0.5, 0.6) is 17.2 Å². The predicted octanol–water partition coefficient (Wildman–Crippen LogP) is 4.59. The fraction of sp³-hybridized carbons (Fsp3) is 0.125. The van der Waals surface area contributed by atoms with Crippen LogP contribution in [0.4, 0.5) is 16.2 Å². The minimum Gasteiger partial charge on any atom is -0.497 e. The van der Waals surface area contributed by atoms with Gasteiger partial charge in [-0.2, -0.15) is 0 Å². The summed E-state index contributed by atoms with van der Waals surface area (Å²) in [6.07, 6.45) is 1.52. The maximum absolute atomic E-state index is 12.4. The highest BCUT2D eigenvalue weighted by atomic mass is 35.5. The Hall–Kier alpha value is -4.24. The summed E-state index contributed by atoms with van der Waals surface area (Å²) in [5.74, 6) is 1.65. The molecule has 4 aromatic rings. The number of urea groups is 1. The number of nitrogens with zero attached hydrogens (tertiary/aromatic N) is 2. The van der Waals surface area contributed by atoms with E-state index in [0.717, 1.165) is 0 Å². The lowest BCUT2D eigenvalue weighted by Crippen LogP contribution is -2.19. The SMILES string of the molecule is COc1ccc(NC(=O)Nc2ccc(OCc3cc(=O)n4cc(Cl)ccc4n3)cc2)c(OC)c1. The van der Waals surface area contributed by atoms with Gasteiger partial charge in [0.25, 0.3) is 5.56 Å². The largest absolute Gasteiger partial charge is 0.497 e. The molecule has 0 saturated carbocycles. The van der Waals surface area contributed by atoms with Crippen molar-refractivity contribution in [1.82, 2.24) is 9.38 Å². The Morgan fingerprint density at radius 3 is 2.47 bits per heavy atom. The molecular formula is C24H21ClN4O5. The van der Waals surface area contributed by atoms with Gasteiger partial charge < -0.3 is 24.8 Å². The monoisotopic (exact) mass is 480 g/mol. The third-order valence-corrected chi connectivity index (χ3v) is 5.06. The topological polar surface area (TPSA) is 103 Å². The molecule has 0 spiro atoms. The summed E-state index contributed by atoms with van der Waals surface area (Å²) in [5.41, 5.74) is 1.79. The van der Waals surface area contributed by atoms with Crippen LogP contribution in [-0.2, 0) is 6.61 Å². The van der Waals surface area contributed by atoms with Gasteiger partial charge in [-0.25, -0.2) is 9.78 Å². The van der Waals surface area contributed by atoms with E-state index < -0.39 is 6.03 Å². The Kier molecular flexibility index (Phi) is 6.84. The van der Waals surface area contributed by atoms with Crippen LogP contribution in [0, 0.1) is 0 Å². The fourth-order valence-corrected chi connectivity index (χ4v) is 3.34. The van der Waals surface area contributed by atoms with Crippen LogP contribution in [0.3, 0.4) is 0 Å². The molecule has 4 rings (SSSR count). The summed E-state index contributed by atoms with van der Waals surface area (Å²) in [4.78, 5) is 29.0. The number of carbonyl (C=O) groups is 1. The van der Waals surface area contributed by atoms with Gasteiger partial charge in [-0.15, -0.1) is 0 Å². The van der Waals surface area contributed by atoms with Crippen molar-refractivity contribution in [3.63, 3.8) is 0 Å². The zero-order valence-electron chi connectivity index (χ0n) is 18.4. The van der Waals surface area contributed by atoms with Crippen molar-refractivity contribution in [2.75, 3.05) is 24.9 Å². The van der Waals surface area contributed by atoms with Crippen molar-refractivity contribution in [3.8, 4) is 17.2 Å². The maximum Gasteiger partial charge on any atom is 0.323 e. The smallest absolute Gasteiger partial charge is 0.323 e. The molecule has 2 aromatic carbocycles. The Morgan fingerprint density at radius 2 is 1.74 bits per heavy atom. The number of ether oxygens (including phenoxy) is 3. The molecule has 2 heterocycles. The number of pyridine rings is 1. The van der Waals surface area contributed by atoms with Gasteiger partial charge in [0, 0.05) is 24.0 Å². The Morgan fingerprint density at radius 1 is 0.971 bits per heavy atom. The molecule has 34 heavy (non-hydrogen) atoms. The number of rotatable bonds is 7.